The number of fused-ring (bicyclic) bond motifs is 6. The summed E-state index contributed by atoms with van der Waals surface area (Å²) < 4.78 is 4.64. The topological polar surface area (TPSA) is 35.6 Å². The summed E-state index contributed by atoms with van der Waals surface area (Å²) in [5.74, 6) is 0.882. The molecule has 4 heterocycles. The molecule has 0 atom stereocenters. The van der Waals surface area contributed by atoms with Crippen molar-refractivity contribution in [3.8, 4) is 45.0 Å². The minimum absolute atomic E-state index is 0.882. The predicted octanol–water partition coefficient (Wildman–Crippen LogP) is 11.7. The molecular formula is C46H30N4. The van der Waals surface area contributed by atoms with Crippen LogP contribution in [-0.2, 0) is 0 Å². The summed E-state index contributed by atoms with van der Waals surface area (Å²) in [4.78, 5) is 10.2. The molecule has 0 unspecified atom stereocenters. The summed E-state index contributed by atoms with van der Waals surface area (Å²) >= 11 is 0. The Morgan fingerprint density at radius 1 is 0.400 bits per heavy atom. The van der Waals surface area contributed by atoms with Gasteiger partial charge >= 0.3 is 0 Å². The molecule has 0 fully saturated rings. The van der Waals surface area contributed by atoms with Gasteiger partial charge in [0.1, 0.15) is 11.5 Å². The molecule has 0 amide bonds. The molecule has 0 bridgehead atoms. The van der Waals surface area contributed by atoms with E-state index in [0.29, 0.717) is 0 Å². The Morgan fingerprint density at radius 2 is 1.08 bits per heavy atom. The Hall–Kier alpha value is -6.78. The normalized spacial score (nSPS) is 11.6. The highest BCUT2D eigenvalue weighted by Crippen LogP contribution is 2.41. The van der Waals surface area contributed by atoms with E-state index in [9.17, 15) is 0 Å². The number of para-hydroxylation sites is 3. The van der Waals surface area contributed by atoms with E-state index >= 15 is 0 Å². The van der Waals surface area contributed by atoms with Gasteiger partial charge in [-0.25, -0.2) is 9.97 Å². The van der Waals surface area contributed by atoms with Gasteiger partial charge in [0.05, 0.1) is 22.2 Å². The first-order valence-corrected chi connectivity index (χ1v) is 16.9. The largest absolute Gasteiger partial charge is 0.294 e. The van der Waals surface area contributed by atoms with Gasteiger partial charge in [-0.1, -0.05) is 127 Å². The lowest BCUT2D eigenvalue weighted by molar-refractivity contribution is 1.08. The number of hydrogen-bond acceptors (Lipinski definition) is 2. The zero-order valence-electron chi connectivity index (χ0n) is 27.1. The number of hydrogen-bond donors (Lipinski definition) is 0. The molecule has 0 radical (unpaired) electrons. The maximum atomic E-state index is 5.39. The second-order valence-corrected chi connectivity index (χ2v) is 12.7. The van der Waals surface area contributed by atoms with Crippen LogP contribution in [-0.4, -0.2) is 19.1 Å². The van der Waals surface area contributed by atoms with Crippen molar-refractivity contribution in [3.05, 3.63) is 182 Å². The molecule has 0 N–H and O–H groups in total. The molecule has 4 nitrogen and oxygen atoms in total. The monoisotopic (exact) mass is 638 g/mol. The molecule has 10 rings (SSSR count). The minimum Gasteiger partial charge on any atom is -0.294 e. The Labute approximate surface area is 289 Å². The number of benzene rings is 6. The van der Waals surface area contributed by atoms with Crippen LogP contribution < -0.4 is 0 Å². The van der Waals surface area contributed by atoms with E-state index in [0.717, 1.165) is 72.6 Å². The van der Waals surface area contributed by atoms with E-state index in [1.165, 1.54) is 16.2 Å². The highest BCUT2D eigenvalue weighted by Gasteiger charge is 2.20. The molecule has 0 aliphatic carbocycles. The fourth-order valence-electron chi connectivity index (χ4n) is 7.52. The first-order chi connectivity index (χ1) is 24.8. The second kappa shape index (κ2) is 11.4. The first-order valence-electron chi connectivity index (χ1n) is 16.9. The lowest BCUT2D eigenvalue weighted by Crippen LogP contribution is -2.01. The van der Waals surface area contributed by atoms with Crippen molar-refractivity contribution in [2.75, 3.05) is 0 Å². The highest BCUT2D eigenvalue weighted by molar-refractivity contribution is 6.15. The molecular weight excluding hydrogens is 609 g/mol. The molecule has 0 spiro atoms. The molecule has 234 valence electrons. The minimum atomic E-state index is 0.882. The van der Waals surface area contributed by atoms with Crippen LogP contribution in [0.4, 0.5) is 0 Å². The average Bonchev–Trinajstić information content (AvgIpc) is 3.71. The van der Waals surface area contributed by atoms with Crippen molar-refractivity contribution < 1.29 is 0 Å². The van der Waals surface area contributed by atoms with E-state index in [1.54, 1.807) is 0 Å². The van der Waals surface area contributed by atoms with Crippen LogP contribution >= 0.6 is 0 Å². The summed E-state index contributed by atoms with van der Waals surface area (Å²) in [6, 6.07) is 62.3. The number of nitrogens with zero attached hydrogens (tertiary/aromatic N) is 4. The smallest absolute Gasteiger partial charge is 0.145 e. The van der Waals surface area contributed by atoms with Crippen molar-refractivity contribution in [1.29, 1.82) is 0 Å². The molecule has 0 saturated carbocycles. The Kier molecular flexibility index (Phi) is 6.46. The van der Waals surface area contributed by atoms with Crippen LogP contribution in [0.3, 0.4) is 0 Å². The van der Waals surface area contributed by atoms with Gasteiger partial charge in [0.25, 0.3) is 0 Å². The molecule has 4 heteroatoms. The van der Waals surface area contributed by atoms with Gasteiger partial charge in [0, 0.05) is 44.6 Å². The quantitative estimate of drug-likeness (QED) is 0.188. The first kappa shape index (κ1) is 28.3. The Balaban J connectivity index is 1.28. The van der Waals surface area contributed by atoms with Gasteiger partial charge in [0.15, 0.2) is 0 Å². The van der Waals surface area contributed by atoms with Crippen LogP contribution in [0.2, 0.25) is 0 Å². The van der Waals surface area contributed by atoms with Crippen LogP contribution in [0.15, 0.2) is 182 Å². The lowest BCUT2D eigenvalue weighted by atomic mass is 10.00. The number of aromatic nitrogens is 4. The van der Waals surface area contributed by atoms with Crippen LogP contribution in [0.1, 0.15) is 0 Å². The number of rotatable bonds is 5. The summed E-state index contributed by atoms with van der Waals surface area (Å²) in [5.41, 5.74) is 12.0. The predicted molar refractivity (Wildman–Crippen MR) is 207 cm³/mol. The van der Waals surface area contributed by atoms with E-state index in [4.69, 9.17) is 9.97 Å². The third kappa shape index (κ3) is 4.46. The summed E-state index contributed by atoms with van der Waals surface area (Å²) in [6.45, 7) is 0. The fraction of sp³-hybridized carbons (Fsp3) is 0. The number of pyridine rings is 2. The van der Waals surface area contributed by atoms with Gasteiger partial charge in [-0.2, -0.15) is 0 Å². The van der Waals surface area contributed by atoms with Gasteiger partial charge in [0.2, 0.25) is 0 Å². The van der Waals surface area contributed by atoms with Crippen molar-refractivity contribution in [2.24, 2.45) is 0 Å². The van der Waals surface area contributed by atoms with E-state index in [-0.39, 0.29) is 0 Å². The van der Waals surface area contributed by atoms with Crippen LogP contribution in [0, 0.1) is 0 Å². The van der Waals surface area contributed by atoms with E-state index in [1.807, 2.05) is 12.3 Å². The van der Waals surface area contributed by atoms with Crippen molar-refractivity contribution in [1.82, 2.24) is 19.1 Å². The molecule has 0 saturated heterocycles. The Morgan fingerprint density at radius 3 is 1.90 bits per heavy atom. The van der Waals surface area contributed by atoms with Gasteiger partial charge < -0.3 is 0 Å². The third-order valence-electron chi connectivity index (χ3n) is 9.77. The summed E-state index contributed by atoms with van der Waals surface area (Å²) in [5, 5.41) is 4.71. The van der Waals surface area contributed by atoms with Gasteiger partial charge in [-0.3, -0.25) is 9.13 Å². The van der Waals surface area contributed by atoms with Crippen molar-refractivity contribution in [3.63, 3.8) is 0 Å². The molecule has 4 aromatic heterocycles. The fourth-order valence-corrected chi connectivity index (χ4v) is 7.52. The molecule has 0 aliphatic rings. The highest BCUT2D eigenvalue weighted by atomic mass is 15.1. The molecule has 50 heavy (non-hydrogen) atoms. The zero-order valence-corrected chi connectivity index (χ0v) is 27.1. The maximum Gasteiger partial charge on any atom is 0.145 e. The second-order valence-electron chi connectivity index (χ2n) is 12.7. The SMILES string of the molecule is c1ccc(-c2cc(-c3ccccc3)nc(-n3c4ccccc4c4cccc(-c5ccc6c7cccnc7n(-c7ccccc7)c6c5)c43)c2)cc1. The van der Waals surface area contributed by atoms with Gasteiger partial charge in [-0.05, 0) is 65.2 Å². The Bertz CT molecular complexity index is 2790. The standard InChI is InChI=1S/C46H30N4/c1-4-14-31(15-5-1)34-28-41(32-16-6-2-7-17-32)48-44(30-34)50-42-24-11-10-20-37(42)39-22-12-21-36(45(39)50)33-25-26-38-40-23-13-27-47-46(40)49(43(38)29-33)35-18-8-3-9-19-35/h1-30H. The summed E-state index contributed by atoms with van der Waals surface area (Å²) in [7, 11) is 0. The van der Waals surface area contributed by atoms with E-state index in [2.05, 4.69) is 179 Å². The molecule has 10 aromatic rings. The molecule has 0 aliphatic heterocycles. The summed E-state index contributed by atoms with van der Waals surface area (Å²) in [6.07, 6.45) is 1.88. The lowest BCUT2D eigenvalue weighted by Gasteiger charge is -2.15. The van der Waals surface area contributed by atoms with E-state index < -0.39 is 0 Å². The maximum absolute atomic E-state index is 5.39. The van der Waals surface area contributed by atoms with Crippen molar-refractivity contribution in [2.45, 2.75) is 0 Å². The van der Waals surface area contributed by atoms with Gasteiger partial charge in [-0.15, -0.1) is 0 Å². The van der Waals surface area contributed by atoms with Crippen molar-refractivity contribution >= 4 is 43.7 Å². The molecule has 6 aromatic carbocycles. The average molecular weight is 639 g/mol. The third-order valence-corrected chi connectivity index (χ3v) is 9.77. The zero-order chi connectivity index (χ0) is 33.0. The van der Waals surface area contributed by atoms with Crippen LogP contribution in [0.5, 0.6) is 0 Å². The van der Waals surface area contributed by atoms with Crippen LogP contribution in [0.25, 0.3) is 88.8 Å².